The van der Waals surface area contributed by atoms with E-state index in [1.807, 2.05) is 37.3 Å². The van der Waals surface area contributed by atoms with E-state index in [2.05, 4.69) is 20.8 Å². The van der Waals surface area contributed by atoms with Crippen LogP contribution in [-0.4, -0.2) is 20.4 Å². The summed E-state index contributed by atoms with van der Waals surface area (Å²) in [7, 11) is 0. The van der Waals surface area contributed by atoms with Crippen LogP contribution in [0.3, 0.4) is 0 Å². The van der Waals surface area contributed by atoms with Crippen LogP contribution in [0.2, 0.25) is 0 Å². The lowest BCUT2D eigenvalue weighted by Crippen LogP contribution is -2.19. The molecule has 140 valence electrons. The van der Waals surface area contributed by atoms with Gasteiger partial charge in [0.1, 0.15) is 11.3 Å². The molecule has 0 radical (unpaired) electrons. The highest BCUT2D eigenvalue weighted by molar-refractivity contribution is 7.80. The molecule has 0 amide bonds. The van der Waals surface area contributed by atoms with Crippen LogP contribution >= 0.6 is 12.2 Å². The van der Waals surface area contributed by atoms with Gasteiger partial charge < -0.3 is 19.3 Å². The van der Waals surface area contributed by atoms with Crippen LogP contribution < -0.4 is 16.3 Å². The third-order valence-corrected chi connectivity index (χ3v) is 4.13. The fourth-order valence-electron chi connectivity index (χ4n) is 2.64. The highest BCUT2D eigenvalue weighted by Gasteiger charge is 2.21. The molecule has 4 rings (SSSR count). The number of fused-ring (bicyclic) bond motifs is 1. The van der Waals surface area contributed by atoms with E-state index in [0.717, 1.165) is 11.3 Å². The number of hydrogen-bond donors (Lipinski definition) is 3. The van der Waals surface area contributed by atoms with Gasteiger partial charge in [-0.2, -0.15) is 0 Å². The number of para-hydroxylation sites is 1. The number of anilines is 2. The lowest BCUT2D eigenvalue weighted by Gasteiger charge is -2.06. The van der Waals surface area contributed by atoms with Gasteiger partial charge in [-0.25, -0.2) is 4.79 Å². The van der Waals surface area contributed by atoms with E-state index in [1.165, 1.54) is 0 Å². The van der Waals surface area contributed by atoms with Crippen molar-refractivity contribution in [2.75, 3.05) is 10.6 Å². The van der Waals surface area contributed by atoms with E-state index in [-0.39, 0.29) is 33.9 Å². The highest BCUT2D eigenvalue weighted by Crippen LogP contribution is 2.33. The average Bonchev–Trinajstić information content (AvgIpc) is 3.11. The molecule has 8 nitrogen and oxygen atoms in total. The van der Waals surface area contributed by atoms with E-state index in [1.54, 1.807) is 18.2 Å². The normalized spacial score (nSPS) is 10.8. The Labute approximate surface area is 163 Å². The van der Waals surface area contributed by atoms with Crippen molar-refractivity contribution in [2.45, 2.75) is 6.92 Å². The summed E-state index contributed by atoms with van der Waals surface area (Å²) < 4.78 is 10.7. The zero-order valence-corrected chi connectivity index (χ0v) is 15.4. The van der Waals surface area contributed by atoms with Crippen molar-refractivity contribution in [3.8, 4) is 17.2 Å². The Bertz CT molecular complexity index is 1230. The van der Waals surface area contributed by atoms with Crippen LogP contribution in [0, 0.1) is 6.92 Å². The first kappa shape index (κ1) is 17.7. The Kier molecular flexibility index (Phi) is 4.50. The van der Waals surface area contributed by atoms with Gasteiger partial charge in [0, 0.05) is 5.69 Å². The molecule has 9 heteroatoms. The molecule has 4 aromatic rings. The fraction of sp³-hybridized carbons (Fsp3) is 0.0526. The molecule has 0 saturated carbocycles. The van der Waals surface area contributed by atoms with Crippen molar-refractivity contribution in [3.63, 3.8) is 0 Å². The standard InChI is InChI=1S/C19H14N4O4S/c1-10-7-8-13-12(9-10)15(24)14(17(25)26-13)16-22-23-18(27-16)21-19(28)20-11-5-3-2-4-6-11/h2-9,24H,1H3,(H2,20,21,23,28). The van der Waals surface area contributed by atoms with Crippen molar-refractivity contribution in [1.82, 2.24) is 10.2 Å². The van der Waals surface area contributed by atoms with Gasteiger partial charge >= 0.3 is 11.6 Å². The summed E-state index contributed by atoms with van der Waals surface area (Å²) in [5.41, 5.74) is 0.952. The lowest BCUT2D eigenvalue weighted by atomic mass is 10.1. The number of hydrogen-bond acceptors (Lipinski definition) is 7. The topological polar surface area (TPSA) is 113 Å². The van der Waals surface area contributed by atoms with Crippen LogP contribution in [0.25, 0.3) is 22.4 Å². The van der Waals surface area contributed by atoms with Crippen LogP contribution in [0.4, 0.5) is 11.7 Å². The van der Waals surface area contributed by atoms with E-state index < -0.39 is 5.63 Å². The average molecular weight is 394 g/mol. The third-order valence-electron chi connectivity index (χ3n) is 3.92. The van der Waals surface area contributed by atoms with Crippen LogP contribution in [0.15, 0.2) is 62.2 Å². The van der Waals surface area contributed by atoms with Gasteiger partial charge in [-0.3, -0.25) is 5.32 Å². The van der Waals surface area contributed by atoms with Crippen molar-refractivity contribution in [3.05, 3.63) is 64.5 Å². The second-order valence-corrected chi connectivity index (χ2v) is 6.38. The molecule has 0 aliphatic heterocycles. The van der Waals surface area contributed by atoms with E-state index >= 15 is 0 Å². The van der Waals surface area contributed by atoms with Crippen LogP contribution in [0.1, 0.15) is 5.56 Å². The molecule has 0 spiro atoms. The predicted molar refractivity (Wildman–Crippen MR) is 108 cm³/mol. The zero-order valence-electron chi connectivity index (χ0n) is 14.6. The molecule has 0 atom stereocenters. The number of nitrogens with zero attached hydrogens (tertiary/aromatic N) is 2. The number of thiocarbonyl (C=S) groups is 1. The number of aryl methyl sites for hydroxylation is 1. The number of aromatic hydroxyl groups is 1. The van der Waals surface area contributed by atoms with E-state index in [0.29, 0.717) is 5.39 Å². The smallest absolute Gasteiger partial charge is 0.353 e. The maximum absolute atomic E-state index is 12.3. The maximum Gasteiger partial charge on any atom is 0.353 e. The van der Waals surface area contributed by atoms with Gasteiger partial charge in [-0.1, -0.05) is 34.9 Å². The summed E-state index contributed by atoms with van der Waals surface area (Å²) in [6.07, 6.45) is 0. The molecular weight excluding hydrogens is 380 g/mol. The molecular formula is C19H14N4O4S. The highest BCUT2D eigenvalue weighted by atomic mass is 32.1. The summed E-state index contributed by atoms with van der Waals surface area (Å²) in [6, 6.07) is 14.3. The lowest BCUT2D eigenvalue weighted by molar-refractivity contribution is 0.465. The van der Waals surface area contributed by atoms with Crippen LogP contribution in [0.5, 0.6) is 5.75 Å². The summed E-state index contributed by atoms with van der Waals surface area (Å²) in [5.74, 6) is -0.463. The van der Waals surface area contributed by atoms with Gasteiger partial charge in [0.2, 0.25) is 0 Å². The predicted octanol–water partition coefficient (Wildman–Crippen LogP) is 3.67. The Balaban J connectivity index is 1.62. The summed E-state index contributed by atoms with van der Waals surface area (Å²) in [6.45, 7) is 1.86. The van der Waals surface area contributed by atoms with Gasteiger partial charge in [0.05, 0.1) is 5.39 Å². The largest absolute Gasteiger partial charge is 0.506 e. The SMILES string of the molecule is Cc1ccc2oc(=O)c(-c3nnc(NC(=S)Nc4ccccc4)o3)c(O)c2c1. The Morgan fingerprint density at radius 3 is 2.64 bits per heavy atom. The monoisotopic (exact) mass is 394 g/mol. The van der Waals surface area contributed by atoms with Gasteiger partial charge in [-0.15, -0.1) is 5.10 Å². The second-order valence-electron chi connectivity index (χ2n) is 5.97. The number of nitrogens with one attached hydrogen (secondary N) is 2. The first-order valence-electron chi connectivity index (χ1n) is 8.24. The zero-order chi connectivity index (χ0) is 19.7. The quantitative estimate of drug-likeness (QED) is 0.354. The van der Waals surface area contributed by atoms with Crippen LogP contribution in [-0.2, 0) is 0 Å². The maximum atomic E-state index is 12.3. The molecule has 2 aromatic carbocycles. The molecule has 2 aromatic heterocycles. The first-order valence-corrected chi connectivity index (χ1v) is 8.65. The van der Waals surface area contributed by atoms with E-state index in [4.69, 9.17) is 21.1 Å². The number of rotatable bonds is 3. The minimum absolute atomic E-state index is 0.0356. The Morgan fingerprint density at radius 2 is 1.86 bits per heavy atom. The molecule has 0 saturated heterocycles. The van der Waals surface area contributed by atoms with Crippen molar-refractivity contribution >= 4 is 40.0 Å². The second kappa shape index (κ2) is 7.12. The Morgan fingerprint density at radius 1 is 1.07 bits per heavy atom. The molecule has 0 unspecified atom stereocenters. The van der Waals surface area contributed by atoms with Gasteiger partial charge in [0.25, 0.3) is 5.89 Å². The van der Waals surface area contributed by atoms with Crippen molar-refractivity contribution in [2.24, 2.45) is 0 Å². The summed E-state index contributed by atoms with van der Waals surface area (Å²) >= 11 is 5.19. The van der Waals surface area contributed by atoms with Gasteiger partial charge in [-0.05, 0) is 43.4 Å². The molecule has 0 aliphatic rings. The minimum atomic E-state index is -0.783. The summed E-state index contributed by atoms with van der Waals surface area (Å²) in [5, 5.41) is 24.5. The number of aromatic nitrogens is 2. The molecule has 2 heterocycles. The molecule has 0 bridgehead atoms. The van der Waals surface area contributed by atoms with Gasteiger partial charge in [0.15, 0.2) is 10.7 Å². The molecule has 28 heavy (non-hydrogen) atoms. The van der Waals surface area contributed by atoms with Crippen molar-refractivity contribution < 1.29 is 13.9 Å². The molecule has 0 aliphatic carbocycles. The van der Waals surface area contributed by atoms with E-state index in [9.17, 15) is 9.90 Å². The molecule has 3 N–H and O–H groups in total. The summed E-state index contributed by atoms with van der Waals surface area (Å²) in [4.78, 5) is 12.3. The molecule has 0 fully saturated rings. The first-order chi connectivity index (χ1) is 13.5. The number of benzene rings is 2. The fourth-order valence-corrected chi connectivity index (χ4v) is 2.85. The van der Waals surface area contributed by atoms with Crippen molar-refractivity contribution in [1.29, 1.82) is 0 Å². The Hall–Kier alpha value is -3.72. The minimum Gasteiger partial charge on any atom is -0.506 e. The third kappa shape index (κ3) is 3.42.